The first-order chi connectivity index (χ1) is 16.4. The molecular weight excluding hydrogens is 429 g/mol. The maximum Gasteiger partial charge on any atom is 0.227 e. The number of nitrogens with zero attached hydrogens (tertiary/aromatic N) is 4. The van der Waals surface area contributed by atoms with Crippen LogP contribution in [0.15, 0.2) is 54.6 Å². The van der Waals surface area contributed by atoms with Crippen LogP contribution in [-0.2, 0) is 4.79 Å². The molecule has 0 spiro atoms. The summed E-state index contributed by atoms with van der Waals surface area (Å²) < 4.78 is 15.2. The van der Waals surface area contributed by atoms with E-state index in [2.05, 4.69) is 28.2 Å². The number of halogens is 1. The number of benzene rings is 2. The molecule has 174 valence electrons. The van der Waals surface area contributed by atoms with E-state index in [9.17, 15) is 9.18 Å². The van der Waals surface area contributed by atoms with Crippen molar-refractivity contribution >= 4 is 23.1 Å². The number of aryl methyl sites for hydroxylation is 2. The van der Waals surface area contributed by atoms with E-state index < -0.39 is 0 Å². The smallest absolute Gasteiger partial charge is 0.227 e. The number of rotatable bonds is 4. The van der Waals surface area contributed by atoms with Gasteiger partial charge in [0, 0.05) is 48.1 Å². The second-order valence-corrected chi connectivity index (χ2v) is 9.06. The normalized spacial score (nSPS) is 14.5. The Hall–Kier alpha value is -3.74. The third-order valence-corrected chi connectivity index (χ3v) is 6.73. The second kappa shape index (κ2) is 8.89. The summed E-state index contributed by atoms with van der Waals surface area (Å²) in [5.41, 5.74) is 6.43. The average Bonchev–Trinajstić information content (AvgIpc) is 3.26. The molecule has 1 aliphatic heterocycles. The molecule has 0 radical (unpaired) electrons. The summed E-state index contributed by atoms with van der Waals surface area (Å²) in [6.07, 6.45) is 1.54. The topological polar surface area (TPSA) is 62.5 Å². The van der Waals surface area contributed by atoms with Gasteiger partial charge in [0.25, 0.3) is 0 Å². The number of carbonyl (C=O) groups is 1. The summed E-state index contributed by atoms with van der Waals surface area (Å²) in [6.45, 7) is 7.58. The van der Waals surface area contributed by atoms with Crippen LogP contribution in [0.3, 0.4) is 0 Å². The molecule has 0 bridgehead atoms. The van der Waals surface area contributed by atoms with Crippen molar-refractivity contribution in [3.63, 3.8) is 0 Å². The Labute approximate surface area is 198 Å². The zero-order chi connectivity index (χ0) is 23.8. The van der Waals surface area contributed by atoms with Crippen LogP contribution >= 0.6 is 0 Å². The van der Waals surface area contributed by atoms with Crippen molar-refractivity contribution < 1.29 is 9.18 Å². The molecule has 4 aromatic rings. The summed E-state index contributed by atoms with van der Waals surface area (Å²) in [6, 6.07) is 16.3. The molecule has 3 heterocycles. The van der Waals surface area contributed by atoms with Crippen molar-refractivity contribution in [2.75, 3.05) is 23.3 Å². The van der Waals surface area contributed by atoms with Gasteiger partial charge in [-0.25, -0.2) is 9.37 Å². The Morgan fingerprint density at radius 3 is 2.50 bits per heavy atom. The maximum atomic E-state index is 13.3. The molecule has 5 rings (SSSR count). The van der Waals surface area contributed by atoms with Crippen LogP contribution in [0.5, 0.6) is 0 Å². The summed E-state index contributed by atoms with van der Waals surface area (Å²) in [7, 11) is 0. The molecule has 0 atom stereocenters. The van der Waals surface area contributed by atoms with Gasteiger partial charge >= 0.3 is 0 Å². The fraction of sp³-hybridized carbons (Fsp3) is 0.296. The van der Waals surface area contributed by atoms with Crippen molar-refractivity contribution in [2.24, 2.45) is 5.92 Å². The van der Waals surface area contributed by atoms with Gasteiger partial charge in [-0.15, -0.1) is 0 Å². The van der Waals surface area contributed by atoms with Gasteiger partial charge in [-0.1, -0.05) is 12.1 Å². The van der Waals surface area contributed by atoms with E-state index in [-0.39, 0.29) is 17.6 Å². The van der Waals surface area contributed by atoms with E-state index in [4.69, 9.17) is 5.10 Å². The molecule has 0 unspecified atom stereocenters. The Bertz CT molecular complexity index is 1350. The van der Waals surface area contributed by atoms with E-state index in [1.807, 2.05) is 42.6 Å². The van der Waals surface area contributed by atoms with Gasteiger partial charge in [0.2, 0.25) is 5.91 Å². The largest absolute Gasteiger partial charge is 0.356 e. The highest BCUT2D eigenvalue weighted by atomic mass is 19.1. The van der Waals surface area contributed by atoms with Crippen molar-refractivity contribution in [2.45, 2.75) is 33.6 Å². The quantitative estimate of drug-likeness (QED) is 0.451. The van der Waals surface area contributed by atoms with E-state index in [0.717, 1.165) is 65.6 Å². The highest BCUT2D eigenvalue weighted by Crippen LogP contribution is 2.28. The van der Waals surface area contributed by atoms with Gasteiger partial charge in [0.15, 0.2) is 5.65 Å². The second-order valence-electron chi connectivity index (χ2n) is 9.06. The van der Waals surface area contributed by atoms with E-state index in [0.29, 0.717) is 0 Å². The van der Waals surface area contributed by atoms with Crippen molar-refractivity contribution in [1.82, 2.24) is 14.6 Å². The molecule has 6 nitrogen and oxygen atoms in total. The molecule has 7 heteroatoms. The number of hydrogen-bond acceptors (Lipinski definition) is 4. The van der Waals surface area contributed by atoms with Crippen LogP contribution in [0, 0.1) is 32.5 Å². The number of hydrogen-bond donors (Lipinski definition) is 1. The van der Waals surface area contributed by atoms with Gasteiger partial charge in [-0.3, -0.25) is 4.79 Å². The molecule has 1 amide bonds. The van der Waals surface area contributed by atoms with E-state index >= 15 is 0 Å². The highest BCUT2D eigenvalue weighted by molar-refractivity contribution is 5.93. The Kier molecular flexibility index (Phi) is 5.77. The number of piperidine rings is 1. The molecule has 0 saturated carbocycles. The molecule has 1 saturated heterocycles. The molecule has 1 aliphatic rings. The fourth-order valence-corrected chi connectivity index (χ4v) is 4.56. The zero-order valence-corrected chi connectivity index (χ0v) is 19.7. The Morgan fingerprint density at radius 1 is 1.03 bits per heavy atom. The van der Waals surface area contributed by atoms with Crippen molar-refractivity contribution in [3.05, 3.63) is 77.2 Å². The van der Waals surface area contributed by atoms with Crippen LogP contribution in [0.1, 0.15) is 29.7 Å². The molecule has 2 aromatic heterocycles. The fourth-order valence-electron chi connectivity index (χ4n) is 4.56. The third-order valence-electron chi connectivity index (χ3n) is 6.73. The first kappa shape index (κ1) is 22.1. The number of nitrogens with one attached hydrogen (secondary N) is 1. The molecule has 2 aromatic carbocycles. The van der Waals surface area contributed by atoms with Crippen molar-refractivity contribution in [3.8, 4) is 11.3 Å². The summed E-state index contributed by atoms with van der Waals surface area (Å²) in [5, 5.41) is 7.90. The lowest BCUT2D eigenvalue weighted by Gasteiger charge is -2.33. The Morgan fingerprint density at radius 2 is 1.76 bits per heavy atom. The molecule has 1 N–H and O–H groups in total. The van der Waals surface area contributed by atoms with E-state index in [1.165, 1.54) is 17.7 Å². The zero-order valence-electron chi connectivity index (χ0n) is 19.7. The van der Waals surface area contributed by atoms with Crippen LogP contribution in [-0.4, -0.2) is 33.6 Å². The van der Waals surface area contributed by atoms with Crippen molar-refractivity contribution in [1.29, 1.82) is 0 Å². The molecular formula is C27H28FN5O. The lowest BCUT2D eigenvalue weighted by molar-refractivity contribution is -0.120. The van der Waals surface area contributed by atoms with Crippen LogP contribution < -0.4 is 10.2 Å². The molecule has 0 aliphatic carbocycles. The van der Waals surface area contributed by atoms with Crippen LogP contribution in [0.2, 0.25) is 0 Å². The summed E-state index contributed by atoms with van der Waals surface area (Å²) in [4.78, 5) is 19.8. The standard InChI is InChI=1S/C27H28FN5O/c1-17-5-4-6-23(19(17)3)30-27(34)21-11-13-32(14-12-21)26-15-18(2)29-25-16-24(31-33(25)26)20-7-9-22(28)10-8-20/h4-10,15-16,21H,11-14H2,1-3H3,(H,30,34). The highest BCUT2D eigenvalue weighted by Gasteiger charge is 2.27. The first-order valence-corrected chi connectivity index (χ1v) is 11.6. The van der Waals surface area contributed by atoms with Crippen LogP contribution in [0.4, 0.5) is 15.9 Å². The summed E-state index contributed by atoms with van der Waals surface area (Å²) in [5.74, 6) is 0.750. The lowest BCUT2D eigenvalue weighted by atomic mass is 9.95. The number of aromatic nitrogens is 3. The summed E-state index contributed by atoms with van der Waals surface area (Å²) >= 11 is 0. The SMILES string of the molecule is Cc1cc(N2CCC(C(=O)Nc3cccc(C)c3C)CC2)n2nc(-c3ccc(F)cc3)cc2n1. The number of fused-ring (bicyclic) bond motifs is 1. The number of amides is 1. The number of carbonyl (C=O) groups excluding carboxylic acids is 1. The van der Waals surface area contributed by atoms with Gasteiger partial charge < -0.3 is 10.2 Å². The van der Waals surface area contributed by atoms with Gasteiger partial charge in [-0.2, -0.15) is 9.61 Å². The minimum absolute atomic E-state index is 0.0259. The van der Waals surface area contributed by atoms with Gasteiger partial charge in [0.05, 0.1) is 5.69 Å². The van der Waals surface area contributed by atoms with E-state index in [1.54, 1.807) is 12.1 Å². The Balaban J connectivity index is 1.33. The monoisotopic (exact) mass is 457 g/mol. The average molecular weight is 458 g/mol. The predicted molar refractivity (Wildman–Crippen MR) is 133 cm³/mol. The minimum Gasteiger partial charge on any atom is -0.356 e. The van der Waals surface area contributed by atoms with Crippen LogP contribution in [0.25, 0.3) is 16.9 Å². The third kappa shape index (κ3) is 4.25. The maximum absolute atomic E-state index is 13.3. The van der Waals surface area contributed by atoms with Gasteiger partial charge in [0.1, 0.15) is 11.6 Å². The predicted octanol–water partition coefficient (Wildman–Crippen LogP) is 5.32. The number of anilines is 2. The molecule has 34 heavy (non-hydrogen) atoms. The first-order valence-electron chi connectivity index (χ1n) is 11.6. The lowest BCUT2D eigenvalue weighted by Crippen LogP contribution is -2.39. The van der Waals surface area contributed by atoms with Gasteiger partial charge in [-0.05, 0) is 75.1 Å². The minimum atomic E-state index is -0.272. The molecule has 1 fully saturated rings.